The van der Waals surface area contributed by atoms with Crippen LogP contribution in [0.4, 0.5) is 0 Å². The summed E-state index contributed by atoms with van der Waals surface area (Å²) in [7, 11) is 4.00. The molecule has 1 rings (SSSR count). The molecule has 130 valence electrons. The zero-order chi connectivity index (χ0) is 18.5. The molecule has 0 aromatic carbocycles. The first-order valence-corrected chi connectivity index (χ1v) is 7.87. The van der Waals surface area contributed by atoms with E-state index in [1.807, 2.05) is 47.1 Å². The Kier molecular flexibility index (Phi) is 6.60. The number of hydrogen-bond acceptors (Lipinski definition) is 4. The predicted octanol–water partition coefficient (Wildman–Crippen LogP) is 3.04. The van der Waals surface area contributed by atoms with E-state index in [0.29, 0.717) is 5.57 Å². The average Bonchev–Trinajstić information content (AvgIpc) is 2.44. The zero-order valence-corrected chi connectivity index (χ0v) is 15.5. The van der Waals surface area contributed by atoms with Crippen LogP contribution >= 0.6 is 0 Å². The van der Waals surface area contributed by atoms with Gasteiger partial charge in [-0.3, -0.25) is 15.2 Å². The molecule has 0 unspecified atom stereocenters. The Morgan fingerprint density at radius 1 is 1.38 bits per heavy atom. The average molecular weight is 328 g/mol. The van der Waals surface area contributed by atoms with Gasteiger partial charge in [-0.2, -0.15) is 0 Å². The molecule has 0 aliphatic rings. The lowest BCUT2D eigenvalue weighted by atomic mass is 10.0. The van der Waals surface area contributed by atoms with Crippen molar-refractivity contribution in [2.75, 3.05) is 14.1 Å². The molecule has 0 spiro atoms. The van der Waals surface area contributed by atoms with Gasteiger partial charge in [-0.05, 0) is 76.2 Å². The van der Waals surface area contributed by atoms with Crippen molar-refractivity contribution in [2.24, 2.45) is 0 Å². The van der Waals surface area contributed by atoms with Crippen LogP contribution in [0.25, 0.3) is 5.57 Å². The highest BCUT2D eigenvalue weighted by Crippen LogP contribution is 2.17. The van der Waals surface area contributed by atoms with Gasteiger partial charge in [-0.15, -0.1) is 0 Å². The molecule has 0 saturated heterocycles. The number of nitrogens with one attached hydrogen (secondary N) is 2. The van der Waals surface area contributed by atoms with Crippen LogP contribution < -0.4 is 5.32 Å². The summed E-state index contributed by atoms with van der Waals surface area (Å²) in [5.41, 5.74) is 2.85. The van der Waals surface area contributed by atoms with Crippen LogP contribution in [-0.2, 0) is 11.3 Å². The molecular formula is C19H28N4O. The van der Waals surface area contributed by atoms with Crippen LogP contribution in [0.1, 0.15) is 38.8 Å². The maximum Gasteiger partial charge on any atom is 0.269 e. The van der Waals surface area contributed by atoms with Crippen molar-refractivity contribution in [3.63, 3.8) is 0 Å². The van der Waals surface area contributed by atoms with E-state index < -0.39 is 0 Å². The SMILES string of the molecule is C=C(/C=C(\C)C(=N)C(=O)NC(C)(C)C)c1cncc(CN(C)C)c1. The van der Waals surface area contributed by atoms with Crippen molar-refractivity contribution < 1.29 is 4.79 Å². The van der Waals surface area contributed by atoms with Gasteiger partial charge < -0.3 is 10.2 Å². The Morgan fingerprint density at radius 3 is 2.54 bits per heavy atom. The fourth-order valence-electron chi connectivity index (χ4n) is 2.11. The lowest BCUT2D eigenvalue weighted by molar-refractivity contribution is -0.116. The number of pyridine rings is 1. The summed E-state index contributed by atoms with van der Waals surface area (Å²) in [6, 6.07) is 2.03. The normalized spacial score (nSPS) is 12.2. The van der Waals surface area contributed by atoms with Gasteiger partial charge >= 0.3 is 0 Å². The Morgan fingerprint density at radius 2 is 2.00 bits per heavy atom. The van der Waals surface area contributed by atoms with E-state index in [1.165, 1.54) is 0 Å². The molecule has 0 atom stereocenters. The maximum absolute atomic E-state index is 12.1. The summed E-state index contributed by atoms with van der Waals surface area (Å²) in [6.07, 6.45) is 5.32. The third-order valence-electron chi connectivity index (χ3n) is 3.17. The summed E-state index contributed by atoms with van der Waals surface area (Å²) in [6.45, 7) is 12.2. The molecule has 0 bridgehead atoms. The Labute approximate surface area is 145 Å². The van der Waals surface area contributed by atoms with Gasteiger partial charge in [0.25, 0.3) is 5.91 Å². The maximum atomic E-state index is 12.1. The van der Waals surface area contributed by atoms with Crippen molar-refractivity contribution in [3.8, 4) is 0 Å². The van der Waals surface area contributed by atoms with E-state index >= 15 is 0 Å². The van der Waals surface area contributed by atoms with Crippen LogP contribution in [0.15, 0.2) is 36.7 Å². The molecule has 1 heterocycles. The smallest absolute Gasteiger partial charge is 0.269 e. The molecule has 1 amide bonds. The van der Waals surface area contributed by atoms with Crippen LogP contribution in [0.5, 0.6) is 0 Å². The fraction of sp³-hybridized carbons (Fsp3) is 0.421. The highest BCUT2D eigenvalue weighted by atomic mass is 16.2. The molecule has 24 heavy (non-hydrogen) atoms. The van der Waals surface area contributed by atoms with E-state index in [-0.39, 0.29) is 17.2 Å². The number of carbonyl (C=O) groups excluding carboxylic acids is 1. The first kappa shape index (κ1) is 19.8. The minimum atomic E-state index is -0.386. The first-order valence-electron chi connectivity index (χ1n) is 7.87. The number of amides is 1. The largest absolute Gasteiger partial charge is 0.346 e. The number of rotatable bonds is 6. The number of nitrogens with zero attached hydrogens (tertiary/aromatic N) is 2. The summed E-state index contributed by atoms with van der Waals surface area (Å²) in [4.78, 5) is 18.4. The molecule has 0 fully saturated rings. The summed E-state index contributed by atoms with van der Waals surface area (Å²) < 4.78 is 0. The third-order valence-corrected chi connectivity index (χ3v) is 3.17. The lowest BCUT2D eigenvalue weighted by Gasteiger charge is -2.20. The van der Waals surface area contributed by atoms with E-state index in [1.54, 1.807) is 19.2 Å². The number of allylic oxidation sites excluding steroid dienone is 2. The first-order chi connectivity index (χ1) is 11.0. The molecule has 5 nitrogen and oxygen atoms in total. The Hall–Kier alpha value is -2.27. The Balaban J connectivity index is 2.90. The van der Waals surface area contributed by atoms with Crippen LogP contribution in [0, 0.1) is 5.41 Å². The van der Waals surface area contributed by atoms with Gasteiger partial charge in [0.05, 0.1) is 0 Å². The summed E-state index contributed by atoms with van der Waals surface area (Å²) >= 11 is 0. The quantitative estimate of drug-likeness (QED) is 0.623. The van der Waals surface area contributed by atoms with E-state index in [0.717, 1.165) is 23.2 Å². The van der Waals surface area contributed by atoms with Crippen molar-refractivity contribution in [1.82, 2.24) is 15.2 Å². The third kappa shape index (κ3) is 6.46. The van der Waals surface area contributed by atoms with Crippen molar-refractivity contribution in [3.05, 3.63) is 47.8 Å². The van der Waals surface area contributed by atoms with Gasteiger partial charge in [0.15, 0.2) is 0 Å². The topological polar surface area (TPSA) is 69.1 Å². The van der Waals surface area contributed by atoms with E-state index in [2.05, 4.69) is 21.8 Å². The minimum absolute atomic E-state index is 0.0523. The van der Waals surface area contributed by atoms with Crippen molar-refractivity contribution >= 4 is 17.2 Å². The molecule has 1 aromatic rings. The second kappa shape index (κ2) is 8.02. The summed E-state index contributed by atoms with van der Waals surface area (Å²) in [5, 5.41) is 10.8. The second-order valence-corrected chi connectivity index (χ2v) is 7.25. The highest BCUT2D eigenvalue weighted by molar-refractivity contribution is 6.44. The van der Waals surface area contributed by atoms with Gasteiger partial charge in [0.2, 0.25) is 0 Å². The molecule has 1 aromatic heterocycles. The van der Waals surface area contributed by atoms with Crippen LogP contribution in [-0.4, -0.2) is 41.1 Å². The monoisotopic (exact) mass is 328 g/mol. The predicted molar refractivity (Wildman–Crippen MR) is 100 cm³/mol. The van der Waals surface area contributed by atoms with Crippen molar-refractivity contribution in [2.45, 2.75) is 39.8 Å². The van der Waals surface area contributed by atoms with Crippen LogP contribution in [0.2, 0.25) is 0 Å². The molecule has 0 aliphatic carbocycles. The second-order valence-electron chi connectivity index (χ2n) is 7.25. The number of carbonyl (C=O) groups is 1. The molecule has 5 heteroatoms. The Bertz CT molecular complexity index is 666. The van der Waals surface area contributed by atoms with Crippen molar-refractivity contribution in [1.29, 1.82) is 5.41 Å². The molecule has 0 radical (unpaired) electrons. The lowest BCUT2D eigenvalue weighted by Crippen LogP contribution is -2.44. The van der Waals surface area contributed by atoms with Crippen LogP contribution in [0.3, 0.4) is 0 Å². The fourth-order valence-corrected chi connectivity index (χ4v) is 2.11. The van der Waals surface area contributed by atoms with E-state index in [4.69, 9.17) is 5.41 Å². The molecule has 2 N–H and O–H groups in total. The van der Waals surface area contributed by atoms with Gasteiger partial charge in [-0.25, -0.2) is 0 Å². The number of aromatic nitrogens is 1. The van der Waals surface area contributed by atoms with Gasteiger partial charge in [0.1, 0.15) is 5.71 Å². The van der Waals surface area contributed by atoms with Gasteiger partial charge in [-0.1, -0.05) is 6.58 Å². The zero-order valence-electron chi connectivity index (χ0n) is 15.5. The van der Waals surface area contributed by atoms with Gasteiger partial charge in [0, 0.05) is 24.5 Å². The molecular weight excluding hydrogens is 300 g/mol. The minimum Gasteiger partial charge on any atom is -0.346 e. The molecule has 0 aliphatic heterocycles. The summed E-state index contributed by atoms with van der Waals surface area (Å²) in [5.74, 6) is -0.386. The molecule has 0 saturated carbocycles. The highest BCUT2D eigenvalue weighted by Gasteiger charge is 2.18. The number of hydrogen-bond donors (Lipinski definition) is 2. The standard InChI is InChI=1S/C19H28N4O/c1-13(16-9-15(10-21-11-16)12-23(6)7)8-14(2)17(20)18(24)22-19(3,4)5/h8-11,20H,1,12H2,2-7H3,(H,22,24)/b14-8+,20-17?. The van der Waals surface area contributed by atoms with E-state index in [9.17, 15) is 4.79 Å².